The third-order valence-electron chi connectivity index (χ3n) is 6.61. The van der Waals surface area contributed by atoms with Crippen molar-refractivity contribution >= 4 is 31.6 Å². The van der Waals surface area contributed by atoms with Crippen LogP contribution in [0.2, 0.25) is 0 Å². The van der Waals surface area contributed by atoms with Gasteiger partial charge in [0.05, 0.1) is 23.4 Å². The van der Waals surface area contributed by atoms with Gasteiger partial charge in [0.25, 0.3) is 0 Å². The number of para-hydroxylation sites is 1. The highest BCUT2D eigenvalue weighted by Gasteiger charge is 2.29. The van der Waals surface area contributed by atoms with Crippen LogP contribution in [0.4, 0.5) is 5.69 Å². The maximum atomic E-state index is 12.9. The fraction of sp³-hybridized carbons (Fsp3) is 0.345. The normalized spacial score (nSPS) is 15.1. The topological polar surface area (TPSA) is 122 Å². The molecule has 1 aliphatic rings. The summed E-state index contributed by atoms with van der Waals surface area (Å²) in [5.74, 6) is 1.14. The Labute approximate surface area is 242 Å². The Morgan fingerprint density at radius 3 is 2.05 bits per heavy atom. The number of nitrogens with one attached hydrogen (secondary N) is 1. The summed E-state index contributed by atoms with van der Waals surface area (Å²) in [6.45, 7) is 2.81. The Bertz CT molecular complexity index is 1510. The molecule has 1 fully saturated rings. The van der Waals surface area contributed by atoms with E-state index >= 15 is 0 Å². The van der Waals surface area contributed by atoms with E-state index in [2.05, 4.69) is 5.32 Å². The third kappa shape index (κ3) is 7.99. The molecule has 0 saturated carbocycles. The minimum atomic E-state index is -3.78. The first-order valence-corrected chi connectivity index (χ1v) is 16.7. The first kappa shape index (κ1) is 30.4. The molecule has 1 unspecified atom stereocenters. The quantitative estimate of drug-likeness (QED) is 0.312. The largest absolute Gasteiger partial charge is 0.492 e. The zero-order valence-corrected chi connectivity index (χ0v) is 24.7. The van der Waals surface area contributed by atoms with Crippen LogP contribution < -0.4 is 19.1 Å². The number of benzene rings is 3. The zero-order chi connectivity index (χ0) is 29.5. The number of hydrogen-bond donors (Lipinski definition) is 1. The van der Waals surface area contributed by atoms with E-state index in [0.29, 0.717) is 36.0 Å². The van der Waals surface area contributed by atoms with Crippen molar-refractivity contribution in [2.45, 2.75) is 37.1 Å². The van der Waals surface area contributed by atoms with Gasteiger partial charge in [-0.05, 0) is 80.4 Å². The Morgan fingerprint density at radius 2 is 1.44 bits per heavy atom. The van der Waals surface area contributed by atoms with Gasteiger partial charge in [0.2, 0.25) is 26.0 Å². The zero-order valence-electron chi connectivity index (χ0n) is 23.1. The van der Waals surface area contributed by atoms with Crippen LogP contribution in [-0.2, 0) is 24.8 Å². The molecule has 1 saturated heterocycles. The number of hydrogen-bond acceptors (Lipinski definition) is 7. The number of rotatable bonds is 12. The Kier molecular flexibility index (Phi) is 9.90. The summed E-state index contributed by atoms with van der Waals surface area (Å²) in [5.41, 5.74) is 0.325. The maximum Gasteiger partial charge on any atom is 0.243 e. The molecule has 1 aliphatic heterocycles. The van der Waals surface area contributed by atoms with Gasteiger partial charge < -0.3 is 14.8 Å². The van der Waals surface area contributed by atoms with E-state index in [-0.39, 0.29) is 18.0 Å². The van der Waals surface area contributed by atoms with Gasteiger partial charge in [-0.3, -0.25) is 9.10 Å². The molecular formula is C29H35N3O7S2. The summed E-state index contributed by atoms with van der Waals surface area (Å²) in [6, 6.07) is 20.8. The molecule has 1 amide bonds. The fourth-order valence-corrected chi connectivity index (χ4v) is 7.24. The number of anilines is 1. The Hall–Kier alpha value is -3.61. The molecule has 0 aromatic heterocycles. The summed E-state index contributed by atoms with van der Waals surface area (Å²) in [4.78, 5) is 13.1. The number of carbonyl (C=O) groups excluding carboxylic acids is 1. The van der Waals surface area contributed by atoms with E-state index in [4.69, 9.17) is 9.47 Å². The minimum absolute atomic E-state index is 0.112. The average molecular weight is 602 g/mol. The van der Waals surface area contributed by atoms with Crippen LogP contribution in [0.25, 0.3) is 0 Å². The van der Waals surface area contributed by atoms with Crippen LogP contribution in [0.15, 0.2) is 83.8 Å². The lowest BCUT2D eigenvalue weighted by molar-refractivity contribution is -0.121. The van der Waals surface area contributed by atoms with Crippen molar-refractivity contribution in [3.63, 3.8) is 0 Å². The van der Waals surface area contributed by atoms with Crippen molar-refractivity contribution in [1.82, 2.24) is 9.62 Å². The highest BCUT2D eigenvalue weighted by atomic mass is 32.2. The van der Waals surface area contributed by atoms with Crippen LogP contribution >= 0.6 is 0 Å². The lowest BCUT2D eigenvalue weighted by Gasteiger charge is -2.28. The highest BCUT2D eigenvalue weighted by molar-refractivity contribution is 7.92. The molecule has 4 rings (SSSR count). The highest BCUT2D eigenvalue weighted by Crippen LogP contribution is 2.27. The van der Waals surface area contributed by atoms with Gasteiger partial charge in [-0.2, -0.15) is 4.31 Å². The molecule has 0 aliphatic carbocycles. The van der Waals surface area contributed by atoms with Gasteiger partial charge in [0.15, 0.2) is 0 Å². The van der Waals surface area contributed by atoms with E-state index in [1.54, 1.807) is 36.4 Å². The van der Waals surface area contributed by atoms with E-state index in [0.717, 1.165) is 29.8 Å². The molecule has 3 aromatic carbocycles. The molecule has 1 N–H and O–H groups in total. The van der Waals surface area contributed by atoms with Gasteiger partial charge >= 0.3 is 0 Å². The van der Waals surface area contributed by atoms with E-state index in [9.17, 15) is 21.6 Å². The molecule has 10 nitrogen and oxygen atoms in total. The van der Waals surface area contributed by atoms with Crippen molar-refractivity contribution in [2.24, 2.45) is 0 Å². The average Bonchev–Trinajstić information content (AvgIpc) is 2.97. The molecular weight excluding hydrogens is 566 g/mol. The molecule has 1 atom stereocenters. The van der Waals surface area contributed by atoms with Gasteiger partial charge in [-0.1, -0.05) is 24.6 Å². The first-order chi connectivity index (χ1) is 19.6. The molecule has 1 heterocycles. The van der Waals surface area contributed by atoms with Gasteiger partial charge in [0, 0.05) is 13.1 Å². The van der Waals surface area contributed by atoms with Crippen LogP contribution in [0.5, 0.6) is 17.2 Å². The second-order valence-corrected chi connectivity index (χ2v) is 13.5. The summed E-state index contributed by atoms with van der Waals surface area (Å²) in [5, 5.41) is 2.70. The number of nitrogens with zero attached hydrogens (tertiary/aromatic N) is 2. The van der Waals surface area contributed by atoms with Crippen LogP contribution in [0, 0.1) is 0 Å². The van der Waals surface area contributed by atoms with Crippen molar-refractivity contribution in [2.75, 3.05) is 36.8 Å². The van der Waals surface area contributed by atoms with Crippen molar-refractivity contribution in [3.05, 3.63) is 78.9 Å². The summed E-state index contributed by atoms with van der Waals surface area (Å²) in [7, 11) is -7.31. The predicted molar refractivity (Wildman–Crippen MR) is 157 cm³/mol. The summed E-state index contributed by atoms with van der Waals surface area (Å²) >= 11 is 0. The Balaban J connectivity index is 1.30. The Morgan fingerprint density at radius 1 is 0.854 bits per heavy atom. The second-order valence-electron chi connectivity index (χ2n) is 9.72. The van der Waals surface area contributed by atoms with Crippen LogP contribution in [0.1, 0.15) is 26.2 Å². The predicted octanol–water partition coefficient (Wildman–Crippen LogP) is 4.00. The minimum Gasteiger partial charge on any atom is -0.492 e. The monoisotopic (exact) mass is 601 g/mol. The third-order valence-corrected chi connectivity index (χ3v) is 9.76. The molecule has 3 aromatic rings. The van der Waals surface area contributed by atoms with Crippen molar-refractivity contribution in [3.8, 4) is 17.2 Å². The van der Waals surface area contributed by atoms with Gasteiger partial charge in [-0.15, -0.1) is 0 Å². The molecule has 0 radical (unpaired) electrons. The standard InChI is InChI=1S/C29H35N3O7S2/c1-23(32(40(2,34)35)24-11-13-27(14-12-24)39-26-9-5-3-6-10-26)29(33)30-19-22-38-25-15-17-28(18-16-25)41(36,37)31-20-7-4-8-21-31/h3,5-6,9-18,23H,4,7-8,19-22H2,1-2H3,(H,30,33). The van der Waals surface area contributed by atoms with E-state index in [1.807, 2.05) is 30.3 Å². The molecule has 12 heteroatoms. The molecule has 220 valence electrons. The number of ether oxygens (including phenoxy) is 2. The number of carbonyl (C=O) groups is 1. The molecule has 41 heavy (non-hydrogen) atoms. The molecule has 0 bridgehead atoms. The van der Waals surface area contributed by atoms with Gasteiger partial charge in [0.1, 0.15) is 29.9 Å². The lowest BCUT2D eigenvalue weighted by Crippen LogP contribution is -2.48. The number of sulfonamides is 2. The first-order valence-electron chi connectivity index (χ1n) is 13.4. The SMILES string of the molecule is CC(C(=O)NCCOc1ccc(S(=O)(=O)N2CCCCC2)cc1)N(c1ccc(Oc2ccccc2)cc1)S(C)(=O)=O. The molecule has 0 spiro atoms. The van der Waals surface area contributed by atoms with Gasteiger partial charge in [-0.25, -0.2) is 16.8 Å². The smallest absolute Gasteiger partial charge is 0.243 e. The van der Waals surface area contributed by atoms with Crippen molar-refractivity contribution < 1.29 is 31.1 Å². The maximum absolute atomic E-state index is 12.9. The number of piperidine rings is 1. The lowest BCUT2D eigenvalue weighted by atomic mass is 10.2. The van der Waals surface area contributed by atoms with E-state index in [1.165, 1.54) is 23.4 Å². The van der Waals surface area contributed by atoms with E-state index < -0.39 is 32.0 Å². The fourth-order valence-electron chi connectivity index (χ4n) is 4.55. The number of amides is 1. The summed E-state index contributed by atoms with van der Waals surface area (Å²) < 4.78 is 64.8. The van der Waals surface area contributed by atoms with Crippen LogP contribution in [-0.4, -0.2) is 65.6 Å². The summed E-state index contributed by atoms with van der Waals surface area (Å²) in [6.07, 6.45) is 3.81. The second kappa shape index (κ2) is 13.4. The van der Waals surface area contributed by atoms with Crippen molar-refractivity contribution in [1.29, 1.82) is 0 Å². The van der Waals surface area contributed by atoms with Crippen LogP contribution in [0.3, 0.4) is 0 Å².